The molecule has 1 heterocycles. The van der Waals surface area contributed by atoms with E-state index in [1.807, 2.05) is 16.9 Å². The Balaban J connectivity index is 0.00000261. The number of aromatic nitrogens is 1. The lowest BCUT2D eigenvalue weighted by molar-refractivity contribution is -0.137. The molecule has 27 heavy (non-hydrogen) atoms. The van der Waals surface area contributed by atoms with Gasteiger partial charge in [0.2, 0.25) is 0 Å². The highest BCUT2D eigenvalue weighted by atomic mass is 35.5. The van der Waals surface area contributed by atoms with E-state index in [9.17, 15) is 23.4 Å². The van der Waals surface area contributed by atoms with Gasteiger partial charge in [0.15, 0.2) is 16.3 Å². The van der Waals surface area contributed by atoms with E-state index in [1.165, 1.54) is 35.6 Å². The molecule has 9 heteroatoms. The van der Waals surface area contributed by atoms with E-state index in [2.05, 4.69) is 4.99 Å². The Labute approximate surface area is 163 Å². The number of hydrogen-bond donors (Lipinski definition) is 2. The third-order valence-corrected chi connectivity index (χ3v) is 4.65. The van der Waals surface area contributed by atoms with E-state index in [1.54, 1.807) is 6.07 Å². The Hall–Kier alpha value is -2.45. The smallest absolute Gasteiger partial charge is 0.416 e. The number of rotatable bonds is 3. The number of alkyl halides is 3. The van der Waals surface area contributed by atoms with E-state index in [4.69, 9.17) is 0 Å². The Morgan fingerprint density at radius 2 is 1.81 bits per heavy atom. The van der Waals surface area contributed by atoms with Crippen molar-refractivity contribution >= 4 is 29.4 Å². The third-order valence-electron chi connectivity index (χ3n) is 3.78. The van der Waals surface area contributed by atoms with Crippen molar-refractivity contribution in [3.63, 3.8) is 0 Å². The summed E-state index contributed by atoms with van der Waals surface area (Å²) in [5, 5.41) is 20.9. The molecule has 1 aromatic heterocycles. The first-order valence-corrected chi connectivity index (χ1v) is 8.60. The second kappa shape index (κ2) is 8.06. The Kier molecular flexibility index (Phi) is 6.22. The monoisotopic (exact) mass is 416 g/mol. The van der Waals surface area contributed by atoms with Crippen LogP contribution in [0.3, 0.4) is 0 Å². The summed E-state index contributed by atoms with van der Waals surface area (Å²) in [6, 6.07) is 9.31. The van der Waals surface area contributed by atoms with Crippen LogP contribution in [0.25, 0.3) is 11.3 Å². The maximum absolute atomic E-state index is 12.9. The second-order valence-electron chi connectivity index (χ2n) is 5.51. The van der Waals surface area contributed by atoms with Crippen LogP contribution in [0, 0.1) is 0 Å². The van der Waals surface area contributed by atoms with Crippen molar-refractivity contribution in [2.24, 2.45) is 4.99 Å². The summed E-state index contributed by atoms with van der Waals surface area (Å²) in [7, 11) is 0. The molecule has 0 saturated heterocycles. The topological polar surface area (TPSA) is 57.8 Å². The fourth-order valence-electron chi connectivity index (χ4n) is 2.50. The number of nitrogens with zero attached hydrogens (tertiary/aromatic N) is 2. The van der Waals surface area contributed by atoms with Crippen LogP contribution < -0.4 is 4.80 Å². The van der Waals surface area contributed by atoms with Crippen LogP contribution in [0.5, 0.6) is 11.5 Å². The zero-order chi connectivity index (χ0) is 18.9. The molecule has 0 amide bonds. The molecule has 0 aliphatic carbocycles. The first-order valence-electron chi connectivity index (χ1n) is 7.72. The van der Waals surface area contributed by atoms with Crippen molar-refractivity contribution in [2.75, 3.05) is 0 Å². The van der Waals surface area contributed by atoms with Crippen LogP contribution in [0.4, 0.5) is 18.9 Å². The van der Waals surface area contributed by atoms with Crippen molar-refractivity contribution in [3.05, 3.63) is 58.2 Å². The Morgan fingerprint density at radius 1 is 1.07 bits per heavy atom. The van der Waals surface area contributed by atoms with Crippen molar-refractivity contribution in [1.29, 1.82) is 0 Å². The minimum absolute atomic E-state index is 0. The normalized spacial score (nSPS) is 12.1. The summed E-state index contributed by atoms with van der Waals surface area (Å²) in [6.07, 6.45) is -4.42. The summed E-state index contributed by atoms with van der Waals surface area (Å²) in [5.41, 5.74) is 0.883. The molecule has 4 nitrogen and oxygen atoms in total. The first-order chi connectivity index (χ1) is 12.3. The predicted octanol–water partition coefficient (Wildman–Crippen LogP) is 5.32. The summed E-state index contributed by atoms with van der Waals surface area (Å²) in [6.45, 7) is 2.43. The average molecular weight is 417 g/mol. The van der Waals surface area contributed by atoms with Gasteiger partial charge in [-0.15, -0.1) is 23.7 Å². The largest absolute Gasteiger partial charge is 0.504 e. The van der Waals surface area contributed by atoms with Gasteiger partial charge in [0.05, 0.1) is 16.9 Å². The van der Waals surface area contributed by atoms with Gasteiger partial charge in [-0.3, -0.25) is 0 Å². The number of hydrogen-bond acceptors (Lipinski definition) is 4. The lowest BCUT2D eigenvalue weighted by Crippen LogP contribution is -2.14. The number of phenolic OH excluding ortho intramolecular Hbond substituents is 2. The number of halogens is 4. The first kappa shape index (κ1) is 20.9. The summed E-state index contributed by atoms with van der Waals surface area (Å²) < 4.78 is 40.4. The highest BCUT2D eigenvalue weighted by molar-refractivity contribution is 7.07. The van der Waals surface area contributed by atoms with E-state index in [0.29, 0.717) is 16.9 Å². The van der Waals surface area contributed by atoms with Gasteiger partial charge in [-0.1, -0.05) is 6.07 Å². The van der Waals surface area contributed by atoms with Gasteiger partial charge in [-0.05, 0) is 43.3 Å². The molecule has 3 aromatic rings. The molecule has 144 valence electrons. The van der Waals surface area contributed by atoms with Crippen molar-refractivity contribution < 1.29 is 23.4 Å². The number of benzene rings is 2. The zero-order valence-electron chi connectivity index (χ0n) is 14.1. The molecule has 3 rings (SSSR count). The van der Waals surface area contributed by atoms with Crippen LogP contribution in [0.2, 0.25) is 0 Å². The predicted molar refractivity (Wildman–Crippen MR) is 101 cm³/mol. The molecular formula is C18H16ClF3N2O2S. The third kappa shape index (κ3) is 4.45. The minimum atomic E-state index is -4.42. The van der Waals surface area contributed by atoms with E-state index < -0.39 is 11.7 Å². The average Bonchev–Trinajstić information content (AvgIpc) is 2.99. The van der Waals surface area contributed by atoms with Crippen molar-refractivity contribution in [2.45, 2.75) is 19.6 Å². The van der Waals surface area contributed by atoms with Gasteiger partial charge >= 0.3 is 6.18 Å². The molecule has 0 radical (unpaired) electrons. The lowest BCUT2D eigenvalue weighted by Gasteiger charge is -2.08. The molecule has 0 atom stereocenters. The van der Waals surface area contributed by atoms with Gasteiger partial charge in [0.1, 0.15) is 0 Å². The second-order valence-corrected chi connectivity index (χ2v) is 6.35. The lowest BCUT2D eigenvalue weighted by atomic mass is 10.1. The van der Waals surface area contributed by atoms with Crippen LogP contribution in [0.15, 0.2) is 52.8 Å². The highest BCUT2D eigenvalue weighted by Gasteiger charge is 2.30. The molecule has 2 N–H and O–H groups in total. The van der Waals surface area contributed by atoms with E-state index in [0.717, 1.165) is 17.8 Å². The maximum atomic E-state index is 12.9. The Bertz CT molecular complexity index is 1010. The van der Waals surface area contributed by atoms with Gasteiger partial charge in [0.25, 0.3) is 0 Å². The fourth-order valence-corrected chi connectivity index (χ4v) is 3.49. The SMILES string of the molecule is CCn1c(-c2ccc(O)c(O)c2)csc1=Nc1cccc(C(F)(F)F)c1.Cl. The number of aromatic hydroxyl groups is 2. The molecule has 0 saturated carbocycles. The van der Waals surface area contributed by atoms with Crippen LogP contribution in [-0.4, -0.2) is 14.8 Å². The molecule has 0 aliphatic heterocycles. The fraction of sp³-hybridized carbons (Fsp3) is 0.167. The van der Waals surface area contributed by atoms with E-state index >= 15 is 0 Å². The van der Waals surface area contributed by atoms with Crippen LogP contribution >= 0.6 is 23.7 Å². The molecule has 2 aromatic carbocycles. The molecule has 0 bridgehead atoms. The summed E-state index contributed by atoms with van der Waals surface area (Å²) in [5.74, 6) is -0.464. The molecule has 0 spiro atoms. The molecule has 0 unspecified atom stereocenters. The molecular weight excluding hydrogens is 401 g/mol. The summed E-state index contributed by atoms with van der Waals surface area (Å²) >= 11 is 1.28. The van der Waals surface area contributed by atoms with Crippen LogP contribution in [-0.2, 0) is 12.7 Å². The number of phenols is 2. The highest BCUT2D eigenvalue weighted by Crippen LogP contribution is 2.32. The Morgan fingerprint density at radius 3 is 2.44 bits per heavy atom. The standard InChI is InChI=1S/C18H15F3N2O2S.ClH/c1-2-23-14(11-6-7-15(24)16(25)8-11)10-26-17(23)22-13-5-3-4-12(9-13)18(19,20)21;/h3-10,24-25H,2H2,1H3;1H. The van der Waals surface area contributed by atoms with Gasteiger partial charge < -0.3 is 14.8 Å². The molecule has 0 fully saturated rings. The number of thiazole rings is 1. The minimum Gasteiger partial charge on any atom is -0.504 e. The maximum Gasteiger partial charge on any atom is 0.416 e. The quantitative estimate of drug-likeness (QED) is 0.567. The zero-order valence-corrected chi connectivity index (χ0v) is 15.7. The van der Waals surface area contributed by atoms with Gasteiger partial charge in [0, 0.05) is 17.5 Å². The van der Waals surface area contributed by atoms with Crippen molar-refractivity contribution in [1.82, 2.24) is 4.57 Å². The van der Waals surface area contributed by atoms with Gasteiger partial charge in [-0.2, -0.15) is 13.2 Å². The van der Waals surface area contributed by atoms with Crippen LogP contribution in [0.1, 0.15) is 12.5 Å². The summed E-state index contributed by atoms with van der Waals surface area (Å²) in [4.78, 5) is 4.88. The van der Waals surface area contributed by atoms with Crippen molar-refractivity contribution in [3.8, 4) is 22.8 Å². The van der Waals surface area contributed by atoms with Gasteiger partial charge in [-0.25, -0.2) is 4.99 Å². The molecule has 0 aliphatic rings. The van der Waals surface area contributed by atoms with E-state index in [-0.39, 0.29) is 29.6 Å².